The number of ether oxygens (including phenoxy) is 1. The number of nitrogens with zero attached hydrogens (tertiary/aromatic N) is 2. The molecule has 96 valence electrons. The number of nitriles is 1. The van der Waals surface area contributed by atoms with Gasteiger partial charge in [0.15, 0.2) is 5.75 Å². The lowest BCUT2D eigenvalue weighted by Gasteiger charge is -2.14. The van der Waals surface area contributed by atoms with Gasteiger partial charge in [-0.3, -0.25) is 4.79 Å². The highest BCUT2D eigenvalue weighted by Crippen LogP contribution is 2.32. The number of carbonyl (C=O) groups is 1. The van der Waals surface area contributed by atoms with E-state index in [1.165, 1.54) is 6.07 Å². The molecule has 0 unspecified atom stereocenters. The van der Waals surface area contributed by atoms with Crippen LogP contribution in [0.4, 0.5) is 19.0 Å². The molecule has 1 aromatic heterocycles. The summed E-state index contributed by atoms with van der Waals surface area (Å²) >= 11 is 0. The van der Waals surface area contributed by atoms with E-state index in [2.05, 4.69) is 9.72 Å². The molecule has 0 bridgehead atoms. The van der Waals surface area contributed by atoms with Crippen molar-refractivity contribution in [1.82, 2.24) is 4.98 Å². The zero-order chi connectivity index (χ0) is 13.9. The number of halogens is 3. The maximum Gasteiger partial charge on any atom is 0.573 e. The zero-order valence-corrected chi connectivity index (χ0v) is 8.65. The summed E-state index contributed by atoms with van der Waals surface area (Å²) in [5, 5.41) is 17.2. The Bertz CT molecular complexity index is 522. The van der Waals surface area contributed by atoms with E-state index in [-0.39, 0.29) is 0 Å². The molecule has 1 heterocycles. The van der Waals surface area contributed by atoms with Gasteiger partial charge in [0.25, 0.3) is 0 Å². The molecule has 0 atom stereocenters. The quantitative estimate of drug-likeness (QED) is 0.841. The number of carboxylic acid groups (broad SMARTS) is 1. The van der Waals surface area contributed by atoms with Crippen LogP contribution in [-0.2, 0) is 11.2 Å². The van der Waals surface area contributed by atoms with Crippen molar-refractivity contribution in [2.75, 3.05) is 5.73 Å². The molecule has 0 amide bonds. The molecular weight excluding hydrogens is 255 g/mol. The summed E-state index contributed by atoms with van der Waals surface area (Å²) < 4.78 is 40.1. The molecule has 0 aliphatic heterocycles. The summed E-state index contributed by atoms with van der Waals surface area (Å²) in [6, 6.07) is 1.42. The van der Waals surface area contributed by atoms with Crippen molar-refractivity contribution in [2.24, 2.45) is 0 Å². The summed E-state index contributed by atoms with van der Waals surface area (Å²) in [6.45, 7) is 0. The number of anilines is 1. The highest BCUT2D eigenvalue weighted by Gasteiger charge is 2.34. The Morgan fingerprint density at radius 3 is 2.67 bits per heavy atom. The Morgan fingerprint density at radius 1 is 1.61 bits per heavy atom. The van der Waals surface area contributed by atoms with Crippen molar-refractivity contribution in [3.8, 4) is 11.8 Å². The van der Waals surface area contributed by atoms with E-state index in [1.807, 2.05) is 0 Å². The van der Waals surface area contributed by atoms with E-state index >= 15 is 0 Å². The summed E-state index contributed by atoms with van der Waals surface area (Å²) in [5.74, 6) is -2.79. The maximum absolute atomic E-state index is 12.2. The molecule has 1 aromatic rings. The van der Waals surface area contributed by atoms with Crippen LogP contribution in [0.5, 0.6) is 5.75 Å². The molecule has 3 N–H and O–H groups in total. The Labute approximate surface area is 98.4 Å². The first kappa shape index (κ1) is 13.6. The van der Waals surface area contributed by atoms with Crippen molar-refractivity contribution in [1.29, 1.82) is 5.26 Å². The van der Waals surface area contributed by atoms with E-state index < -0.39 is 41.4 Å². The molecule has 9 heteroatoms. The molecule has 0 spiro atoms. The van der Waals surface area contributed by atoms with E-state index in [9.17, 15) is 18.0 Å². The molecule has 0 aliphatic carbocycles. The van der Waals surface area contributed by atoms with Gasteiger partial charge >= 0.3 is 12.3 Å². The van der Waals surface area contributed by atoms with Crippen molar-refractivity contribution in [2.45, 2.75) is 12.8 Å². The Hall–Kier alpha value is -2.50. The average molecular weight is 261 g/mol. The fourth-order valence-electron chi connectivity index (χ4n) is 1.18. The molecule has 0 radical (unpaired) electrons. The van der Waals surface area contributed by atoms with Gasteiger partial charge in [-0.15, -0.1) is 13.2 Å². The van der Waals surface area contributed by atoms with E-state index in [0.717, 1.165) is 6.20 Å². The first-order valence-electron chi connectivity index (χ1n) is 4.39. The lowest BCUT2D eigenvalue weighted by Crippen LogP contribution is -2.20. The van der Waals surface area contributed by atoms with Crippen LogP contribution < -0.4 is 10.5 Å². The number of rotatable bonds is 3. The van der Waals surface area contributed by atoms with Crippen LogP contribution in [-0.4, -0.2) is 22.4 Å². The fourth-order valence-corrected chi connectivity index (χ4v) is 1.18. The van der Waals surface area contributed by atoms with Gasteiger partial charge in [-0.25, -0.2) is 4.98 Å². The lowest BCUT2D eigenvalue weighted by atomic mass is 10.1. The van der Waals surface area contributed by atoms with Gasteiger partial charge in [-0.1, -0.05) is 0 Å². The third-order valence-corrected chi connectivity index (χ3v) is 1.83. The van der Waals surface area contributed by atoms with Gasteiger partial charge in [0.05, 0.1) is 12.6 Å². The number of nitrogen functional groups attached to an aromatic ring is 1. The SMILES string of the molecule is N#Cc1cnc(N)c(CC(=O)O)c1OC(F)(F)F. The topological polar surface area (TPSA) is 109 Å². The predicted molar refractivity (Wildman–Crippen MR) is 51.4 cm³/mol. The monoisotopic (exact) mass is 261 g/mol. The van der Waals surface area contributed by atoms with Crippen LogP contribution in [0.15, 0.2) is 6.20 Å². The van der Waals surface area contributed by atoms with Crippen LogP contribution in [0.1, 0.15) is 11.1 Å². The molecule has 0 saturated carbocycles. The van der Waals surface area contributed by atoms with Crippen LogP contribution in [0.25, 0.3) is 0 Å². The van der Waals surface area contributed by atoms with Crippen LogP contribution >= 0.6 is 0 Å². The number of alkyl halides is 3. The molecule has 0 aromatic carbocycles. The number of aromatic nitrogens is 1. The Kier molecular flexibility index (Phi) is 3.61. The minimum atomic E-state index is -5.06. The summed E-state index contributed by atoms with van der Waals surface area (Å²) in [4.78, 5) is 14.0. The predicted octanol–water partition coefficient (Wildman–Crippen LogP) is 1.06. The second kappa shape index (κ2) is 4.79. The van der Waals surface area contributed by atoms with Gasteiger partial charge in [-0.05, 0) is 0 Å². The molecule has 0 saturated heterocycles. The Balaban J connectivity index is 3.37. The first-order chi connectivity index (χ1) is 8.24. The van der Waals surface area contributed by atoms with Gasteiger partial charge in [0.2, 0.25) is 0 Å². The number of pyridine rings is 1. The zero-order valence-electron chi connectivity index (χ0n) is 8.65. The molecule has 6 nitrogen and oxygen atoms in total. The molecular formula is C9H6F3N3O3. The number of carboxylic acids is 1. The van der Waals surface area contributed by atoms with Crippen molar-refractivity contribution >= 4 is 11.8 Å². The van der Waals surface area contributed by atoms with E-state index in [1.54, 1.807) is 0 Å². The smallest absolute Gasteiger partial charge is 0.481 e. The second-order valence-corrected chi connectivity index (χ2v) is 3.09. The molecule has 1 rings (SSSR count). The minimum absolute atomic E-state index is 0.435. The summed E-state index contributed by atoms with van der Waals surface area (Å²) in [7, 11) is 0. The van der Waals surface area contributed by atoms with Crippen molar-refractivity contribution < 1.29 is 27.8 Å². The molecule has 18 heavy (non-hydrogen) atoms. The largest absolute Gasteiger partial charge is 0.573 e. The van der Waals surface area contributed by atoms with Crippen molar-refractivity contribution in [3.63, 3.8) is 0 Å². The van der Waals surface area contributed by atoms with Gasteiger partial charge in [0, 0.05) is 5.56 Å². The first-order valence-corrected chi connectivity index (χ1v) is 4.39. The highest BCUT2D eigenvalue weighted by atomic mass is 19.4. The third kappa shape index (κ3) is 3.24. The van der Waals surface area contributed by atoms with E-state index in [0.29, 0.717) is 0 Å². The number of hydrogen-bond donors (Lipinski definition) is 2. The van der Waals surface area contributed by atoms with Gasteiger partial charge in [0.1, 0.15) is 17.5 Å². The number of aliphatic carboxylic acids is 1. The normalized spacial score (nSPS) is 10.8. The highest BCUT2D eigenvalue weighted by molar-refractivity contribution is 5.74. The van der Waals surface area contributed by atoms with Gasteiger partial charge < -0.3 is 15.6 Å². The Morgan fingerprint density at radius 2 is 2.22 bits per heavy atom. The fraction of sp³-hybridized carbons (Fsp3) is 0.222. The number of nitrogens with two attached hydrogens (primary N) is 1. The minimum Gasteiger partial charge on any atom is -0.481 e. The van der Waals surface area contributed by atoms with Crippen molar-refractivity contribution in [3.05, 3.63) is 17.3 Å². The third-order valence-electron chi connectivity index (χ3n) is 1.83. The summed E-state index contributed by atoms with van der Waals surface area (Å²) in [5.41, 5.74) is 4.25. The lowest BCUT2D eigenvalue weighted by molar-refractivity contribution is -0.275. The molecule has 0 fully saturated rings. The molecule has 0 aliphatic rings. The van der Waals surface area contributed by atoms with Crippen LogP contribution in [0.2, 0.25) is 0 Å². The summed E-state index contributed by atoms with van der Waals surface area (Å²) in [6.07, 6.45) is -5.12. The van der Waals surface area contributed by atoms with Crippen LogP contribution in [0, 0.1) is 11.3 Å². The van der Waals surface area contributed by atoms with Crippen LogP contribution in [0.3, 0.4) is 0 Å². The number of hydrogen-bond acceptors (Lipinski definition) is 5. The average Bonchev–Trinajstić information content (AvgIpc) is 2.21. The second-order valence-electron chi connectivity index (χ2n) is 3.09. The standard InChI is InChI=1S/C9H6F3N3O3/c10-9(11,12)18-7-4(2-13)3-15-8(14)5(7)1-6(16)17/h3H,1H2,(H2,14,15)(H,16,17). The van der Waals surface area contributed by atoms with E-state index in [4.69, 9.17) is 16.1 Å². The van der Waals surface area contributed by atoms with Gasteiger partial charge in [-0.2, -0.15) is 5.26 Å². The maximum atomic E-state index is 12.2.